The number of anilines is 1. The number of likely N-dealkylation sites (tertiary alicyclic amines) is 1. The molecule has 2 atom stereocenters. The average molecular weight is 333 g/mol. The molecule has 1 heterocycles. The van der Waals surface area contributed by atoms with Crippen LogP contribution in [-0.4, -0.2) is 36.5 Å². The van der Waals surface area contributed by atoms with Gasteiger partial charge < -0.3 is 5.32 Å². The number of halogens is 1. The lowest BCUT2D eigenvalue weighted by Crippen LogP contribution is -2.47. The van der Waals surface area contributed by atoms with Gasteiger partial charge in [-0.05, 0) is 43.4 Å². The number of fused-ring (bicyclic) bond motifs is 1. The van der Waals surface area contributed by atoms with E-state index in [4.69, 9.17) is 0 Å². The average Bonchev–Trinajstić information content (AvgIpc) is 2.56. The molecule has 0 unspecified atom stereocenters. The van der Waals surface area contributed by atoms with Crippen LogP contribution >= 0.6 is 0 Å². The third kappa shape index (κ3) is 4.32. The predicted octanol–water partition coefficient (Wildman–Crippen LogP) is 2.99. The number of amides is 3. The molecule has 5 nitrogen and oxygen atoms in total. The van der Waals surface area contributed by atoms with Gasteiger partial charge in [0.25, 0.3) is 0 Å². The van der Waals surface area contributed by atoms with Crippen molar-refractivity contribution in [1.29, 1.82) is 0 Å². The van der Waals surface area contributed by atoms with E-state index in [-0.39, 0.29) is 18.1 Å². The molecule has 0 spiro atoms. The van der Waals surface area contributed by atoms with Crippen LogP contribution in [0.5, 0.6) is 0 Å². The van der Waals surface area contributed by atoms with Crippen LogP contribution in [0.1, 0.15) is 32.1 Å². The standard InChI is InChI=1S/C18H24FN3O2/c19-15-7-3-4-8-16(15)20-18(24)21-17(23)12-22-10-9-13-5-1-2-6-14(13)11-22/h3-4,7-8,13-14H,1-2,5-6,9-12H2,(H2,20,21,23,24)/t13-,14+/m1/s1. The Morgan fingerprint density at radius 1 is 1.12 bits per heavy atom. The molecule has 0 radical (unpaired) electrons. The van der Waals surface area contributed by atoms with Crippen molar-refractivity contribution in [1.82, 2.24) is 10.2 Å². The van der Waals surface area contributed by atoms with E-state index in [1.807, 2.05) is 0 Å². The minimum absolute atomic E-state index is 0.0609. The molecule has 3 rings (SSSR count). The first-order chi connectivity index (χ1) is 11.6. The first-order valence-corrected chi connectivity index (χ1v) is 8.69. The van der Waals surface area contributed by atoms with Gasteiger partial charge in [0, 0.05) is 6.54 Å². The molecule has 1 aromatic rings. The summed E-state index contributed by atoms with van der Waals surface area (Å²) in [6, 6.07) is 5.17. The molecular formula is C18H24FN3O2. The van der Waals surface area contributed by atoms with Gasteiger partial charge in [-0.3, -0.25) is 15.0 Å². The number of carbonyl (C=O) groups excluding carboxylic acids is 2. The molecule has 1 aliphatic carbocycles. The van der Waals surface area contributed by atoms with Crippen molar-refractivity contribution < 1.29 is 14.0 Å². The predicted molar refractivity (Wildman–Crippen MR) is 90.1 cm³/mol. The zero-order chi connectivity index (χ0) is 16.9. The van der Waals surface area contributed by atoms with E-state index in [0.717, 1.165) is 25.4 Å². The van der Waals surface area contributed by atoms with Crippen molar-refractivity contribution in [3.63, 3.8) is 0 Å². The van der Waals surface area contributed by atoms with E-state index < -0.39 is 11.8 Å². The van der Waals surface area contributed by atoms with Gasteiger partial charge in [-0.1, -0.05) is 31.4 Å². The molecule has 3 amide bonds. The van der Waals surface area contributed by atoms with Crippen molar-refractivity contribution in [2.24, 2.45) is 11.8 Å². The highest BCUT2D eigenvalue weighted by molar-refractivity contribution is 6.01. The summed E-state index contributed by atoms with van der Waals surface area (Å²) in [5.74, 6) is 0.618. The van der Waals surface area contributed by atoms with Crippen LogP contribution in [0, 0.1) is 17.7 Å². The quantitative estimate of drug-likeness (QED) is 0.894. The second kappa shape index (κ2) is 7.75. The van der Waals surface area contributed by atoms with Crippen molar-refractivity contribution in [3.8, 4) is 0 Å². The fraction of sp³-hybridized carbons (Fsp3) is 0.556. The van der Waals surface area contributed by atoms with Gasteiger partial charge in [-0.2, -0.15) is 0 Å². The highest BCUT2D eigenvalue weighted by atomic mass is 19.1. The number of piperidine rings is 1. The Labute approximate surface area is 141 Å². The molecular weight excluding hydrogens is 309 g/mol. The summed E-state index contributed by atoms with van der Waals surface area (Å²) in [6.07, 6.45) is 6.32. The van der Waals surface area contributed by atoms with E-state index in [9.17, 15) is 14.0 Å². The Balaban J connectivity index is 1.45. The van der Waals surface area contributed by atoms with Crippen molar-refractivity contribution >= 4 is 17.6 Å². The normalized spacial score (nSPS) is 24.0. The third-order valence-electron chi connectivity index (χ3n) is 5.12. The first-order valence-electron chi connectivity index (χ1n) is 8.69. The molecule has 2 N–H and O–H groups in total. The number of nitrogens with one attached hydrogen (secondary N) is 2. The van der Waals surface area contributed by atoms with Crippen LogP contribution in [0.15, 0.2) is 24.3 Å². The molecule has 1 saturated carbocycles. The maximum absolute atomic E-state index is 13.5. The Morgan fingerprint density at radius 2 is 1.88 bits per heavy atom. The third-order valence-corrected chi connectivity index (χ3v) is 5.12. The van der Waals surface area contributed by atoms with Crippen LogP contribution in [0.4, 0.5) is 14.9 Å². The van der Waals surface area contributed by atoms with Crippen LogP contribution in [0.2, 0.25) is 0 Å². The SMILES string of the molecule is O=C(CN1CC[C@H]2CCCC[C@H]2C1)NC(=O)Nc1ccccc1F. The lowest BCUT2D eigenvalue weighted by molar-refractivity contribution is -0.121. The Hall–Kier alpha value is -1.95. The number of imide groups is 1. The zero-order valence-corrected chi connectivity index (χ0v) is 13.8. The zero-order valence-electron chi connectivity index (χ0n) is 13.8. The summed E-state index contributed by atoms with van der Waals surface area (Å²) >= 11 is 0. The molecule has 6 heteroatoms. The van der Waals surface area contributed by atoms with E-state index in [0.29, 0.717) is 5.92 Å². The van der Waals surface area contributed by atoms with E-state index in [2.05, 4.69) is 15.5 Å². The second-order valence-corrected chi connectivity index (χ2v) is 6.81. The van der Waals surface area contributed by atoms with Crippen molar-refractivity contribution in [2.45, 2.75) is 32.1 Å². The largest absolute Gasteiger partial charge is 0.326 e. The lowest BCUT2D eigenvalue weighted by atomic mass is 9.75. The lowest BCUT2D eigenvalue weighted by Gasteiger charge is -2.41. The van der Waals surface area contributed by atoms with Crippen molar-refractivity contribution in [2.75, 3.05) is 25.0 Å². The topological polar surface area (TPSA) is 61.4 Å². The summed E-state index contributed by atoms with van der Waals surface area (Å²) in [7, 11) is 0. The van der Waals surface area contributed by atoms with Gasteiger partial charge in [0.15, 0.2) is 0 Å². The summed E-state index contributed by atoms with van der Waals surface area (Å²) in [5.41, 5.74) is 0.0609. The minimum atomic E-state index is -0.697. The molecule has 24 heavy (non-hydrogen) atoms. The van der Waals surface area contributed by atoms with E-state index in [1.54, 1.807) is 12.1 Å². The van der Waals surface area contributed by atoms with Gasteiger partial charge in [-0.25, -0.2) is 9.18 Å². The van der Waals surface area contributed by atoms with Crippen molar-refractivity contribution in [3.05, 3.63) is 30.1 Å². The molecule has 0 aromatic heterocycles. The highest BCUT2D eigenvalue weighted by Crippen LogP contribution is 2.35. The Morgan fingerprint density at radius 3 is 2.67 bits per heavy atom. The number of rotatable bonds is 3. The molecule has 2 fully saturated rings. The minimum Gasteiger partial charge on any atom is -0.305 e. The summed E-state index contributed by atoms with van der Waals surface area (Å²) in [6.45, 7) is 2.06. The van der Waals surface area contributed by atoms with Gasteiger partial charge in [0.2, 0.25) is 5.91 Å². The smallest absolute Gasteiger partial charge is 0.305 e. The number of para-hydroxylation sites is 1. The second-order valence-electron chi connectivity index (χ2n) is 6.81. The van der Waals surface area contributed by atoms with Crippen LogP contribution in [0.25, 0.3) is 0 Å². The summed E-state index contributed by atoms with van der Waals surface area (Å²) < 4.78 is 13.5. The molecule has 2 aliphatic rings. The summed E-state index contributed by atoms with van der Waals surface area (Å²) in [5, 5.41) is 4.64. The monoisotopic (exact) mass is 333 g/mol. The van der Waals surface area contributed by atoms with Gasteiger partial charge >= 0.3 is 6.03 Å². The molecule has 0 bridgehead atoms. The first kappa shape index (κ1) is 16.9. The molecule has 1 aliphatic heterocycles. The number of hydrogen-bond acceptors (Lipinski definition) is 3. The van der Waals surface area contributed by atoms with Gasteiger partial charge in [0.05, 0.1) is 12.2 Å². The fourth-order valence-corrected chi connectivity index (χ4v) is 3.91. The number of urea groups is 1. The Kier molecular flexibility index (Phi) is 5.45. The maximum atomic E-state index is 13.5. The number of hydrogen-bond donors (Lipinski definition) is 2. The maximum Gasteiger partial charge on any atom is 0.326 e. The Bertz CT molecular complexity index is 608. The highest BCUT2D eigenvalue weighted by Gasteiger charge is 2.31. The molecule has 1 saturated heterocycles. The number of carbonyl (C=O) groups is 2. The fourth-order valence-electron chi connectivity index (χ4n) is 3.91. The van der Waals surface area contributed by atoms with Gasteiger partial charge in [0.1, 0.15) is 5.82 Å². The van der Waals surface area contributed by atoms with Crippen LogP contribution < -0.4 is 10.6 Å². The van der Waals surface area contributed by atoms with E-state index >= 15 is 0 Å². The number of nitrogens with zero attached hydrogens (tertiary/aromatic N) is 1. The van der Waals surface area contributed by atoms with Gasteiger partial charge in [-0.15, -0.1) is 0 Å². The molecule has 1 aromatic carbocycles. The van der Waals surface area contributed by atoms with E-state index in [1.165, 1.54) is 37.8 Å². The number of benzene rings is 1. The summed E-state index contributed by atoms with van der Waals surface area (Å²) in [4.78, 5) is 26.0. The molecule has 130 valence electrons. The van der Waals surface area contributed by atoms with Crippen LogP contribution in [0.3, 0.4) is 0 Å². The van der Waals surface area contributed by atoms with Crippen LogP contribution in [-0.2, 0) is 4.79 Å².